The zero-order chi connectivity index (χ0) is 14.5. The van der Waals surface area contributed by atoms with Gasteiger partial charge >= 0.3 is 0 Å². The standard InChI is InChI=1S/C14H16FN3OS.ClH/c1-2-18(11-5-3-10(15)4-6-11)14(19)12-9-20-13(17-12)7-8-16;/h3-6,9H,2,7-8,16H2,1H3;1H. The third kappa shape index (κ3) is 4.23. The first-order valence-corrected chi connectivity index (χ1v) is 7.25. The molecule has 0 aliphatic heterocycles. The van der Waals surface area contributed by atoms with Crippen LogP contribution >= 0.6 is 23.7 Å². The average Bonchev–Trinajstić information content (AvgIpc) is 2.90. The molecule has 0 atom stereocenters. The van der Waals surface area contributed by atoms with E-state index in [1.165, 1.54) is 23.5 Å². The van der Waals surface area contributed by atoms with Crippen LogP contribution in [-0.4, -0.2) is 24.0 Å². The van der Waals surface area contributed by atoms with E-state index in [1.807, 2.05) is 6.92 Å². The molecule has 4 nitrogen and oxygen atoms in total. The fraction of sp³-hybridized carbons (Fsp3) is 0.286. The van der Waals surface area contributed by atoms with Gasteiger partial charge in [0, 0.05) is 24.0 Å². The number of nitrogens with zero attached hydrogens (tertiary/aromatic N) is 2. The minimum atomic E-state index is -0.323. The minimum absolute atomic E-state index is 0. The highest BCUT2D eigenvalue weighted by Gasteiger charge is 2.18. The van der Waals surface area contributed by atoms with Gasteiger partial charge in [0.2, 0.25) is 0 Å². The van der Waals surface area contributed by atoms with Gasteiger partial charge in [-0.3, -0.25) is 4.79 Å². The molecule has 1 aromatic heterocycles. The molecule has 2 N–H and O–H groups in total. The van der Waals surface area contributed by atoms with E-state index in [0.717, 1.165) is 5.01 Å². The van der Waals surface area contributed by atoms with Crippen molar-refractivity contribution >= 4 is 35.3 Å². The van der Waals surface area contributed by atoms with Crippen LogP contribution in [0.5, 0.6) is 0 Å². The van der Waals surface area contributed by atoms with Gasteiger partial charge in [-0.15, -0.1) is 23.7 Å². The number of halogens is 2. The van der Waals surface area contributed by atoms with Gasteiger partial charge in [0.1, 0.15) is 11.5 Å². The number of anilines is 1. The smallest absolute Gasteiger partial charge is 0.277 e. The molecule has 1 heterocycles. The first-order chi connectivity index (χ1) is 9.65. The predicted octanol–water partition coefficient (Wildman–Crippen LogP) is 2.87. The van der Waals surface area contributed by atoms with Crippen LogP contribution in [0.25, 0.3) is 0 Å². The van der Waals surface area contributed by atoms with E-state index in [9.17, 15) is 9.18 Å². The molecule has 2 aromatic rings. The summed E-state index contributed by atoms with van der Waals surface area (Å²) in [5, 5.41) is 2.59. The Morgan fingerprint density at radius 2 is 2.05 bits per heavy atom. The first kappa shape index (κ1) is 17.6. The van der Waals surface area contributed by atoms with Crippen LogP contribution in [-0.2, 0) is 6.42 Å². The van der Waals surface area contributed by atoms with Crippen LogP contribution in [0.1, 0.15) is 22.4 Å². The highest BCUT2D eigenvalue weighted by Crippen LogP contribution is 2.19. The Bertz CT molecular complexity index is 588. The number of hydrogen-bond donors (Lipinski definition) is 1. The summed E-state index contributed by atoms with van der Waals surface area (Å²) in [5.41, 5.74) is 6.54. The summed E-state index contributed by atoms with van der Waals surface area (Å²) in [5.74, 6) is -0.505. The van der Waals surface area contributed by atoms with Crippen molar-refractivity contribution in [3.05, 3.63) is 46.2 Å². The van der Waals surface area contributed by atoms with Gasteiger partial charge in [-0.05, 0) is 37.7 Å². The van der Waals surface area contributed by atoms with Crippen molar-refractivity contribution in [3.63, 3.8) is 0 Å². The number of hydrogen-bond acceptors (Lipinski definition) is 4. The lowest BCUT2D eigenvalue weighted by molar-refractivity contribution is 0.0984. The zero-order valence-electron chi connectivity index (χ0n) is 11.6. The van der Waals surface area contributed by atoms with Crippen LogP contribution in [0, 0.1) is 5.82 Å². The second-order valence-electron chi connectivity index (χ2n) is 4.19. The molecule has 0 unspecified atom stereocenters. The molecule has 0 saturated carbocycles. The van der Waals surface area contributed by atoms with Gasteiger partial charge in [-0.25, -0.2) is 9.37 Å². The Hall–Kier alpha value is -1.50. The van der Waals surface area contributed by atoms with E-state index >= 15 is 0 Å². The fourth-order valence-electron chi connectivity index (χ4n) is 1.85. The van der Waals surface area contributed by atoms with Gasteiger partial charge in [-0.1, -0.05) is 0 Å². The van der Waals surface area contributed by atoms with Crippen molar-refractivity contribution in [2.75, 3.05) is 18.0 Å². The van der Waals surface area contributed by atoms with Gasteiger partial charge in [-0.2, -0.15) is 0 Å². The molecule has 2 rings (SSSR count). The topological polar surface area (TPSA) is 59.2 Å². The van der Waals surface area contributed by atoms with Crippen molar-refractivity contribution in [1.29, 1.82) is 0 Å². The molecule has 0 radical (unpaired) electrons. The van der Waals surface area contributed by atoms with Crippen molar-refractivity contribution in [1.82, 2.24) is 4.98 Å². The van der Waals surface area contributed by atoms with Crippen LogP contribution in [0.2, 0.25) is 0 Å². The van der Waals surface area contributed by atoms with Crippen LogP contribution in [0.4, 0.5) is 10.1 Å². The average molecular weight is 330 g/mol. The van der Waals surface area contributed by atoms with E-state index < -0.39 is 0 Å². The maximum Gasteiger partial charge on any atom is 0.277 e. The molecule has 7 heteroatoms. The van der Waals surface area contributed by atoms with E-state index in [4.69, 9.17) is 5.73 Å². The zero-order valence-corrected chi connectivity index (χ0v) is 13.2. The third-order valence-corrected chi connectivity index (χ3v) is 3.74. The molecule has 0 fully saturated rings. The third-order valence-electron chi connectivity index (χ3n) is 2.83. The molecular formula is C14H17ClFN3OS. The quantitative estimate of drug-likeness (QED) is 0.917. The monoisotopic (exact) mass is 329 g/mol. The van der Waals surface area contributed by atoms with Crippen molar-refractivity contribution in [3.8, 4) is 0 Å². The molecule has 1 amide bonds. The molecule has 0 saturated heterocycles. The fourth-order valence-corrected chi connectivity index (χ4v) is 2.64. The summed E-state index contributed by atoms with van der Waals surface area (Å²) < 4.78 is 12.9. The lowest BCUT2D eigenvalue weighted by atomic mass is 10.2. The van der Waals surface area contributed by atoms with Gasteiger partial charge in [0.05, 0.1) is 5.01 Å². The van der Waals surface area contributed by atoms with Gasteiger partial charge in [0.25, 0.3) is 5.91 Å². The summed E-state index contributed by atoms with van der Waals surface area (Å²) in [6, 6.07) is 5.85. The lowest BCUT2D eigenvalue weighted by Gasteiger charge is -2.19. The Morgan fingerprint density at radius 1 is 1.38 bits per heavy atom. The van der Waals surface area contributed by atoms with Crippen molar-refractivity contribution in [2.24, 2.45) is 5.73 Å². The number of nitrogens with two attached hydrogens (primary N) is 1. The largest absolute Gasteiger partial charge is 0.330 e. The molecule has 21 heavy (non-hydrogen) atoms. The summed E-state index contributed by atoms with van der Waals surface area (Å²) in [7, 11) is 0. The van der Waals surface area contributed by atoms with E-state index in [-0.39, 0.29) is 24.1 Å². The first-order valence-electron chi connectivity index (χ1n) is 6.37. The van der Waals surface area contributed by atoms with Crippen LogP contribution < -0.4 is 10.6 Å². The number of rotatable bonds is 5. The van der Waals surface area contributed by atoms with Gasteiger partial charge in [0.15, 0.2) is 0 Å². The van der Waals surface area contributed by atoms with Crippen LogP contribution in [0.3, 0.4) is 0 Å². The number of thiazole rings is 1. The Labute approximate surface area is 133 Å². The number of carbonyl (C=O) groups is 1. The second kappa shape index (κ2) is 8.07. The molecular weight excluding hydrogens is 313 g/mol. The Kier molecular flexibility index (Phi) is 6.74. The second-order valence-corrected chi connectivity index (χ2v) is 5.13. The molecule has 0 spiro atoms. The Morgan fingerprint density at radius 3 is 2.62 bits per heavy atom. The Balaban J connectivity index is 0.00000220. The van der Waals surface area contributed by atoms with Crippen molar-refractivity contribution in [2.45, 2.75) is 13.3 Å². The van der Waals surface area contributed by atoms with Crippen molar-refractivity contribution < 1.29 is 9.18 Å². The normalized spacial score (nSPS) is 10.0. The van der Waals surface area contributed by atoms with E-state index in [2.05, 4.69) is 4.98 Å². The number of amides is 1. The number of aromatic nitrogens is 1. The minimum Gasteiger partial charge on any atom is -0.330 e. The molecule has 1 aromatic carbocycles. The molecule has 0 aliphatic carbocycles. The van der Waals surface area contributed by atoms with Crippen LogP contribution in [0.15, 0.2) is 29.6 Å². The predicted molar refractivity (Wildman–Crippen MR) is 85.9 cm³/mol. The summed E-state index contributed by atoms with van der Waals surface area (Å²) in [4.78, 5) is 18.3. The van der Waals surface area contributed by atoms with E-state index in [1.54, 1.807) is 22.4 Å². The SMILES string of the molecule is CCN(C(=O)c1csc(CCN)n1)c1ccc(F)cc1.Cl. The maximum absolute atomic E-state index is 12.9. The number of carbonyl (C=O) groups excluding carboxylic acids is 1. The van der Waals surface area contributed by atoms with Gasteiger partial charge < -0.3 is 10.6 Å². The molecule has 114 valence electrons. The maximum atomic E-state index is 12.9. The molecule has 0 bridgehead atoms. The number of benzene rings is 1. The summed E-state index contributed by atoms with van der Waals surface area (Å²) in [6.45, 7) is 2.87. The summed E-state index contributed by atoms with van der Waals surface area (Å²) >= 11 is 1.43. The highest BCUT2D eigenvalue weighted by atomic mass is 35.5. The molecule has 0 aliphatic rings. The lowest BCUT2D eigenvalue weighted by Crippen LogP contribution is -2.30. The highest BCUT2D eigenvalue weighted by molar-refractivity contribution is 7.09. The summed E-state index contributed by atoms with van der Waals surface area (Å²) in [6.07, 6.45) is 0.667. The van der Waals surface area contributed by atoms with E-state index in [0.29, 0.717) is 30.9 Å².